The SMILES string of the molecule is O=C(Nc1nccs1)C(c1ncn2c1CCC2)n1cc2c(F)c(-c3ccc(N4CCNCC4)nc3)ccc2n1. The molecule has 39 heavy (non-hydrogen) atoms. The minimum Gasteiger partial charge on any atom is -0.354 e. The second kappa shape index (κ2) is 9.86. The lowest BCUT2D eigenvalue weighted by Crippen LogP contribution is -2.43. The Morgan fingerprint density at radius 3 is 2.79 bits per heavy atom. The largest absolute Gasteiger partial charge is 0.354 e. The molecule has 4 aromatic heterocycles. The molecule has 2 aliphatic rings. The molecule has 5 aromatic rings. The zero-order chi connectivity index (χ0) is 26.3. The first-order valence-corrected chi connectivity index (χ1v) is 13.9. The van der Waals surface area contributed by atoms with E-state index in [-0.39, 0.29) is 5.91 Å². The normalized spacial score (nSPS) is 16.0. The van der Waals surface area contributed by atoms with Crippen molar-refractivity contribution in [3.8, 4) is 11.1 Å². The predicted molar refractivity (Wildman–Crippen MR) is 147 cm³/mol. The van der Waals surface area contributed by atoms with Crippen LogP contribution in [-0.2, 0) is 17.8 Å². The van der Waals surface area contributed by atoms with E-state index < -0.39 is 11.9 Å². The number of amides is 1. The number of nitrogens with zero attached hydrogens (tertiary/aromatic N) is 7. The predicted octanol–water partition coefficient (Wildman–Crippen LogP) is 3.47. The van der Waals surface area contributed by atoms with Crippen molar-refractivity contribution in [2.75, 3.05) is 36.4 Å². The van der Waals surface area contributed by atoms with Gasteiger partial charge in [-0.1, -0.05) is 0 Å². The molecule has 0 bridgehead atoms. The summed E-state index contributed by atoms with van der Waals surface area (Å²) in [5.74, 6) is 0.167. The molecule has 2 aliphatic heterocycles. The second-order valence-corrected chi connectivity index (χ2v) is 10.6. The minimum atomic E-state index is -0.863. The Bertz CT molecular complexity index is 1640. The fraction of sp³-hybridized carbons (Fsp3) is 0.296. The summed E-state index contributed by atoms with van der Waals surface area (Å²) in [7, 11) is 0. The molecule has 1 unspecified atom stereocenters. The van der Waals surface area contributed by atoms with Crippen LogP contribution in [-0.4, -0.2) is 61.4 Å². The number of carbonyl (C=O) groups is 1. The van der Waals surface area contributed by atoms with Crippen LogP contribution in [0.2, 0.25) is 0 Å². The van der Waals surface area contributed by atoms with Gasteiger partial charge in [0, 0.05) is 73.5 Å². The number of aromatic nitrogens is 6. The molecule has 1 atom stereocenters. The third-order valence-electron chi connectivity index (χ3n) is 7.37. The average Bonchev–Trinajstić information content (AvgIpc) is 3.77. The van der Waals surface area contributed by atoms with Crippen molar-refractivity contribution in [1.29, 1.82) is 0 Å². The van der Waals surface area contributed by atoms with Crippen LogP contribution in [0.5, 0.6) is 0 Å². The van der Waals surface area contributed by atoms with E-state index in [1.807, 2.05) is 12.1 Å². The second-order valence-electron chi connectivity index (χ2n) is 9.71. The monoisotopic (exact) mass is 543 g/mol. The summed E-state index contributed by atoms with van der Waals surface area (Å²) in [6.45, 7) is 4.49. The maximum absolute atomic E-state index is 15.9. The number of anilines is 2. The van der Waals surface area contributed by atoms with Crippen LogP contribution in [0.25, 0.3) is 22.0 Å². The Kier molecular flexibility index (Phi) is 6.05. The molecule has 0 saturated carbocycles. The van der Waals surface area contributed by atoms with Gasteiger partial charge in [0.1, 0.15) is 11.6 Å². The molecule has 10 nitrogen and oxygen atoms in total. The number of nitrogens with one attached hydrogen (secondary N) is 2. The number of hydrogen-bond acceptors (Lipinski definition) is 8. The number of carbonyl (C=O) groups excluding carboxylic acids is 1. The fourth-order valence-corrected chi connectivity index (χ4v) is 5.95. The molecular formula is C27H26FN9OS. The molecule has 198 valence electrons. The van der Waals surface area contributed by atoms with E-state index in [9.17, 15) is 4.79 Å². The van der Waals surface area contributed by atoms with Crippen LogP contribution >= 0.6 is 11.3 Å². The van der Waals surface area contributed by atoms with Crippen LogP contribution in [0.15, 0.2) is 54.6 Å². The number of pyridine rings is 1. The summed E-state index contributed by atoms with van der Waals surface area (Å²) in [6.07, 6.45) is 8.53. The molecule has 7 rings (SSSR count). The van der Waals surface area contributed by atoms with Gasteiger partial charge >= 0.3 is 0 Å². The van der Waals surface area contributed by atoms with Gasteiger partial charge in [0.25, 0.3) is 5.91 Å². The lowest BCUT2D eigenvalue weighted by molar-refractivity contribution is -0.118. The number of imidazole rings is 1. The molecule has 0 radical (unpaired) electrons. The van der Waals surface area contributed by atoms with Crippen LogP contribution in [0.4, 0.5) is 15.3 Å². The molecule has 12 heteroatoms. The van der Waals surface area contributed by atoms with Crippen molar-refractivity contribution < 1.29 is 9.18 Å². The highest BCUT2D eigenvalue weighted by Crippen LogP contribution is 2.32. The Labute approximate surface area is 227 Å². The Balaban J connectivity index is 1.25. The maximum atomic E-state index is 15.9. The zero-order valence-corrected chi connectivity index (χ0v) is 21.9. The van der Waals surface area contributed by atoms with Crippen molar-refractivity contribution in [2.24, 2.45) is 0 Å². The van der Waals surface area contributed by atoms with E-state index in [0.29, 0.717) is 32.9 Å². The van der Waals surface area contributed by atoms with Crippen LogP contribution < -0.4 is 15.5 Å². The van der Waals surface area contributed by atoms with Gasteiger partial charge in [-0.15, -0.1) is 11.3 Å². The highest BCUT2D eigenvalue weighted by Gasteiger charge is 2.32. The van der Waals surface area contributed by atoms with E-state index in [0.717, 1.165) is 57.1 Å². The molecule has 0 spiro atoms. The molecule has 1 amide bonds. The van der Waals surface area contributed by atoms with Gasteiger partial charge in [0.2, 0.25) is 0 Å². The van der Waals surface area contributed by atoms with Gasteiger partial charge in [-0.05, 0) is 37.1 Å². The lowest BCUT2D eigenvalue weighted by atomic mass is 10.0. The Morgan fingerprint density at radius 1 is 1.10 bits per heavy atom. The van der Waals surface area contributed by atoms with Crippen molar-refractivity contribution in [1.82, 2.24) is 34.6 Å². The summed E-state index contributed by atoms with van der Waals surface area (Å²) in [4.78, 5) is 29.1. The van der Waals surface area contributed by atoms with Crippen molar-refractivity contribution in [3.05, 3.63) is 71.8 Å². The summed E-state index contributed by atoms with van der Waals surface area (Å²) in [5.41, 5.74) is 3.22. The van der Waals surface area contributed by atoms with E-state index in [1.165, 1.54) is 16.0 Å². The summed E-state index contributed by atoms with van der Waals surface area (Å²) in [5, 5.41) is 13.5. The summed E-state index contributed by atoms with van der Waals surface area (Å²) < 4.78 is 19.5. The van der Waals surface area contributed by atoms with Gasteiger partial charge in [-0.3, -0.25) is 14.8 Å². The quantitative estimate of drug-likeness (QED) is 0.338. The van der Waals surface area contributed by atoms with Gasteiger partial charge < -0.3 is 14.8 Å². The number of aryl methyl sites for hydroxylation is 1. The number of piperazine rings is 1. The van der Waals surface area contributed by atoms with Gasteiger partial charge in [0.15, 0.2) is 11.2 Å². The van der Waals surface area contributed by atoms with E-state index in [1.54, 1.807) is 42.4 Å². The molecule has 1 fully saturated rings. The number of benzene rings is 1. The van der Waals surface area contributed by atoms with Crippen LogP contribution in [0.3, 0.4) is 0 Å². The van der Waals surface area contributed by atoms with Crippen molar-refractivity contribution >= 4 is 39.1 Å². The maximum Gasteiger partial charge on any atom is 0.257 e. The minimum absolute atomic E-state index is 0.320. The van der Waals surface area contributed by atoms with Gasteiger partial charge in [-0.25, -0.2) is 19.3 Å². The summed E-state index contributed by atoms with van der Waals surface area (Å²) >= 11 is 1.33. The number of rotatable bonds is 6. The highest BCUT2D eigenvalue weighted by molar-refractivity contribution is 7.13. The average molecular weight is 544 g/mol. The number of hydrogen-bond donors (Lipinski definition) is 2. The summed E-state index contributed by atoms with van der Waals surface area (Å²) in [6, 6.07) is 6.47. The standard InChI is InChI=1S/C27H26FN9OS/c28-23-18(17-3-6-22(31-14-17)35-11-7-29-8-12-35)4-5-20-19(23)15-37(34-20)25(26(38)33-27-30-9-13-39-27)24-21-2-1-10-36(21)16-32-24/h3-6,9,13-16,25,29H,1-2,7-8,10-12H2,(H,30,33,38). The van der Waals surface area contributed by atoms with Gasteiger partial charge in [-0.2, -0.15) is 5.10 Å². The number of halogens is 1. The van der Waals surface area contributed by atoms with Crippen LogP contribution in [0.1, 0.15) is 23.9 Å². The molecular weight excluding hydrogens is 517 g/mol. The van der Waals surface area contributed by atoms with E-state index >= 15 is 4.39 Å². The lowest BCUT2D eigenvalue weighted by Gasteiger charge is -2.28. The fourth-order valence-electron chi connectivity index (χ4n) is 5.42. The van der Waals surface area contributed by atoms with Crippen LogP contribution in [0, 0.1) is 5.82 Å². The van der Waals surface area contributed by atoms with E-state index in [4.69, 9.17) is 0 Å². The molecule has 6 heterocycles. The number of thiazole rings is 1. The van der Waals surface area contributed by atoms with Crippen molar-refractivity contribution in [2.45, 2.75) is 25.4 Å². The third kappa shape index (κ3) is 4.35. The molecule has 0 aliphatic carbocycles. The Morgan fingerprint density at radius 2 is 2.00 bits per heavy atom. The first kappa shape index (κ1) is 23.9. The van der Waals surface area contributed by atoms with E-state index in [2.05, 4.69) is 40.2 Å². The first-order chi connectivity index (χ1) is 19.2. The van der Waals surface area contributed by atoms with Gasteiger partial charge in [0.05, 0.1) is 22.9 Å². The molecule has 2 N–H and O–H groups in total. The number of fused-ring (bicyclic) bond motifs is 2. The third-order valence-corrected chi connectivity index (χ3v) is 8.06. The topological polar surface area (TPSA) is 106 Å². The van der Waals surface area contributed by atoms with Crippen molar-refractivity contribution in [3.63, 3.8) is 0 Å². The molecule has 1 saturated heterocycles. The highest BCUT2D eigenvalue weighted by atomic mass is 32.1. The molecule has 1 aromatic carbocycles. The zero-order valence-electron chi connectivity index (χ0n) is 21.0. The Hall–Kier alpha value is -4.16. The smallest absolute Gasteiger partial charge is 0.257 e. The first-order valence-electron chi connectivity index (χ1n) is 13.0.